The Labute approximate surface area is 101 Å². The van der Waals surface area contributed by atoms with Gasteiger partial charge in [-0.2, -0.15) is 0 Å². The molecule has 5 heteroatoms. The van der Waals surface area contributed by atoms with Crippen molar-refractivity contribution in [1.29, 1.82) is 0 Å². The van der Waals surface area contributed by atoms with Crippen LogP contribution in [-0.4, -0.2) is 53.9 Å². The molecule has 0 spiro atoms. The summed E-state index contributed by atoms with van der Waals surface area (Å²) in [5.74, 6) is 0. The maximum Gasteiger partial charge on any atom is 0.0649 e. The van der Waals surface area contributed by atoms with E-state index in [0.29, 0.717) is 19.8 Å². The highest BCUT2D eigenvalue weighted by Gasteiger charge is 2.29. The molecule has 1 fully saturated rings. The second kappa shape index (κ2) is 6.07. The molecule has 2 unspecified atom stereocenters. The van der Waals surface area contributed by atoms with E-state index in [2.05, 4.69) is 9.88 Å². The molecule has 0 aliphatic carbocycles. The van der Waals surface area contributed by atoms with Gasteiger partial charge >= 0.3 is 0 Å². The lowest BCUT2D eigenvalue weighted by molar-refractivity contribution is -0.0470. The topological polar surface area (TPSA) is 71.6 Å². The first kappa shape index (κ1) is 12.4. The van der Waals surface area contributed by atoms with E-state index in [4.69, 9.17) is 10.5 Å². The number of nitrogens with two attached hydrogens (primary N) is 1. The van der Waals surface area contributed by atoms with E-state index >= 15 is 0 Å². The average molecular weight is 237 g/mol. The molecule has 0 saturated carbocycles. The molecule has 3 N–H and O–H groups in total. The Morgan fingerprint density at radius 2 is 2.47 bits per heavy atom. The van der Waals surface area contributed by atoms with Crippen LogP contribution in [0, 0.1) is 0 Å². The Kier molecular flexibility index (Phi) is 4.44. The molecule has 1 aromatic rings. The molecule has 5 nitrogen and oxygen atoms in total. The van der Waals surface area contributed by atoms with Gasteiger partial charge in [0.05, 0.1) is 37.6 Å². The van der Waals surface area contributed by atoms with E-state index < -0.39 is 0 Å². The minimum absolute atomic E-state index is 0.0132. The Morgan fingerprint density at radius 3 is 3.12 bits per heavy atom. The third kappa shape index (κ3) is 2.81. The van der Waals surface area contributed by atoms with Crippen molar-refractivity contribution in [3.8, 4) is 0 Å². The van der Waals surface area contributed by atoms with Crippen LogP contribution in [0.4, 0.5) is 0 Å². The van der Waals surface area contributed by atoms with Crippen molar-refractivity contribution >= 4 is 0 Å². The lowest BCUT2D eigenvalue weighted by Crippen LogP contribution is -2.50. The van der Waals surface area contributed by atoms with Crippen molar-refractivity contribution in [1.82, 2.24) is 9.88 Å². The summed E-state index contributed by atoms with van der Waals surface area (Å²) in [6.07, 6.45) is 1.77. The first-order valence-electron chi connectivity index (χ1n) is 5.92. The second-order valence-corrected chi connectivity index (χ2v) is 4.16. The van der Waals surface area contributed by atoms with Gasteiger partial charge in [0, 0.05) is 19.3 Å². The van der Waals surface area contributed by atoms with E-state index in [1.165, 1.54) is 0 Å². The summed E-state index contributed by atoms with van der Waals surface area (Å²) in [4.78, 5) is 6.54. The van der Waals surface area contributed by atoms with Crippen molar-refractivity contribution in [2.45, 2.75) is 12.1 Å². The summed E-state index contributed by atoms with van der Waals surface area (Å²) < 4.78 is 5.37. The Hall–Kier alpha value is -1.01. The summed E-state index contributed by atoms with van der Waals surface area (Å²) >= 11 is 0. The highest BCUT2D eigenvalue weighted by molar-refractivity contribution is 5.10. The largest absolute Gasteiger partial charge is 0.395 e. The molecule has 1 saturated heterocycles. The molecular formula is C12H19N3O2. The van der Waals surface area contributed by atoms with Gasteiger partial charge in [0.1, 0.15) is 0 Å². The molecule has 1 aliphatic heterocycles. The standard InChI is InChI=1S/C12H19N3O2/c13-7-12(11-3-1-2-4-14-11)15-5-6-17-9-10(15)8-16/h1-4,10,12,16H,5-9,13H2. The fourth-order valence-corrected chi connectivity index (χ4v) is 2.23. The summed E-state index contributed by atoms with van der Waals surface area (Å²) in [5.41, 5.74) is 6.80. The van der Waals surface area contributed by atoms with Crippen molar-refractivity contribution in [3.63, 3.8) is 0 Å². The van der Waals surface area contributed by atoms with Gasteiger partial charge in [-0.25, -0.2) is 0 Å². The first-order valence-corrected chi connectivity index (χ1v) is 5.92. The quantitative estimate of drug-likeness (QED) is 0.757. The molecule has 1 aliphatic rings. The lowest BCUT2D eigenvalue weighted by Gasteiger charge is -2.39. The first-order chi connectivity index (χ1) is 8.36. The number of pyridine rings is 1. The van der Waals surface area contributed by atoms with Crippen molar-refractivity contribution in [2.75, 3.05) is 32.9 Å². The third-order valence-corrected chi connectivity index (χ3v) is 3.14. The van der Waals surface area contributed by atoms with Crippen LogP contribution >= 0.6 is 0 Å². The number of aliphatic hydroxyl groups excluding tert-OH is 1. The normalized spacial score (nSPS) is 23.5. The number of hydrogen-bond acceptors (Lipinski definition) is 5. The van der Waals surface area contributed by atoms with Crippen LogP contribution in [-0.2, 0) is 4.74 Å². The van der Waals surface area contributed by atoms with Crippen molar-refractivity contribution in [2.24, 2.45) is 5.73 Å². The molecule has 2 heterocycles. The maximum absolute atomic E-state index is 9.37. The maximum atomic E-state index is 9.37. The number of aromatic nitrogens is 1. The number of rotatable bonds is 4. The zero-order valence-electron chi connectivity index (χ0n) is 9.83. The smallest absolute Gasteiger partial charge is 0.0649 e. The SMILES string of the molecule is NCC(c1ccccn1)N1CCOCC1CO. The molecule has 94 valence electrons. The van der Waals surface area contributed by atoms with E-state index in [1.54, 1.807) is 6.20 Å². The molecular weight excluding hydrogens is 218 g/mol. The van der Waals surface area contributed by atoms with Gasteiger partial charge in [-0.05, 0) is 12.1 Å². The molecule has 0 amide bonds. The highest BCUT2D eigenvalue weighted by atomic mass is 16.5. The fraction of sp³-hybridized carbons (Fsp3) is 0.583. The Balaban J connectivity index is 2.16. The van der Waals surface area contributed by atoms with Crippen molar-refractivity contribution < 1.29 is 9.84 Å². The van der Waals surface area contributed by atoms with Crippen LogP contribution < -0.4 is 5.73 Å². The average Bonchev–Trinajstić information content (AvgIpc) is 2.41. The van der Waals surface area contributed by atoms with Gasteiger partial charge in [0.15, 0.2) is 0 Å². The molecule has 17 heavy (non-hydrogen) atoms. The van der Waals surface area contributed by atoms with Gasteiger partial charge in [-0.3, -0.25) is 9.88 Å². The van der Waals surface area contributed by atoms with Crippen LogP contribution in [0.3, 0.4) is 0 Å². The second-order valence-electron chi connectivity index (χ2n) is 4.16. The molecule has 0 aromatic carbocycles. The van der Waals surface area contributed by atoms with E-state index in [-0.39, 0.29) is 18.7 Å². The van der Waals surface area contributed by atoms with Gasteiger partial charge in [-0.15, -0.1) is 0 Å². The molecule has 0 radical (unpaired) electrons. The van der Waals surface area contributed by atoms with Crippen LogP contribution in [0.15, 0.2) is 24.4 Å². The monoisotopic (exact) mass is 237 g/mol. The van der Waals surface area contributed by atoms with Crippen LogP contribution in [0.2, 0.25) is 0 Å². The molecule has 2 rings (SSSR count). The van der Waals surface area contributed by atoms with Gasteiger partial charge in [0.25, 0.3) is 0 Å². The summed E-state index contributed by atoms with van der Waals surface area (Å²) in [7, 11) is 0. The summed E-state index contributed by atoms with van der Waals surface area (Å²) in [6.45, 7) is 2.60. The van der Waals surface area contributed by atoms with E-state index in [9.17, 15) is 5.11 Å². The summed E-state index contributed by atoms with van der Waals surface area (Å²) in [5, 5.41) is 9.37. The minimum Gasteiger partial charge on any atom is -0.395 e. The van der Waals surface area contributed by atoms with Gasteiger partial charge < -0.3 is 15.6 Å². The number of morpholine rings is 1. The Bertz CT molecular complexity index is 334. The zero-order chi connectivity index (χ0) is 12.1. The predicted molar refractivity (Wildman–Crippen MR) is 64.4 cm³/mol. The van der Waals surface area contributed by atoms with E-state index in [0.717, 1.165) is 12.2 Å². The highest BCUT2D eigenvalue weighted by Crippen LogP contribution is 2.22. The van der Waals surface area contributed by atoms with Gasteiger partial charge in [-0.1, -0.05) is 6.07 Å². The predicted octanol–water partition coefficient (Wildman–Crippen LogP) is -0.225. The van der Waals surface area contributed by atoms with Crippen LogP contribution in [0.5, 0.6) is 0 Å². The molecule has 1 aromatic heterocycles. The van der Waals surface area contributed by atoms with Crippen molar-refractivity contribution in [3.05, 3.63) is 30.1 Å². The lowest BCUT2D eigenvalue weighted by atomic mass is 10.1. The number of ether oxygens (including phenoxy) is 1. The van der Waals surface area contributed by atoms with Crippen LogP contribution in [0.25, 0.3) is 0 Å². The number of hydrogen-bond donors (Lipinski definition) is 2. The van der Waals surface area contributed by atoms with Crippen LogP contribution in [0.1, 0.15) is 11.7 Å². The molecule has 2 atom stereocenters. The number of aliphatic hydroxyl groups is 1. The molecule has 0 bridgehead atoms. The minimum atomic E-state index is 0.0132. The number of nitrogens with zero attached hydrogens (tertiary/aromatic N) is 2. The third-order valence-electron chi connectivity index (χ3n) is 3.14. The fourth-order valence-electron chi connectivity index (χ4n) is 2.23. The zero-order valence-corrected chi connectivity index (χ0v) is 9.83. The Morgan fingerprint density at radius 1 is 1.59 bits per heavy atom. The van der Waals surface area contributed by atoms with E-state index in [1.807, 2.05) is 18.2 Å². The van der Waals surface area contributed by atoms with Gasteiger partial charge in [0.2, 0.25) is 0 Å². The summed E-state index contributed by atoms with van der Waals surface area (Å²) in [6, 6.07) is 5.89.